The first-order valence-corrected chi connectivity index (χ1v) is 16.9. The van der Waals surface area contributed by atoms with E-state index in [-0.39, 0.29) is 49.8 Å². The second-order valence-electron chi connectivity index (χ2n) is 12.5. The standard InChI is InChI=1S/C37H45FN6O7/c1-23(2)33-37(49)41-17-7-11-25-13-14-30(50-3)31(20-25)51-22-32(45)40-16-8-12-28(42-34(46)26-15-18-39-21-27(26)38)35(47)43-29(36(48)44-33)19-24-9-5-4-6-10-24/h4-6,9-10,13-15,18,20-21,23,28-29,33H,7-8,11-12,16-17,19,22H2,1-3H3,(H,40,45)(H,41,49)(H,42,46)(H,43,47)(H,44,48)/t28-,29-,33+/m0/s1. The van der Waals surface area contributed by atoms with Crippen LogP contribution in [0.25, 0.3) is 0 Å². The Morgan fingerprint density at radius 1 is 0.980 bits per heavy atom. The van der Waals surface area contributed by atoms with E-state index in [2.05, 4.69) is 31.6 Å². The summed E-state index contributed by atoms with van der Waals surface area (Å²) in [5.74, 6) is -3.28. The first kappa shape index (κ1) is 38.3. The Hall–Kier alpha value is -5.53. The lowest BCUT2D eigenvalue weighted by Crippen LogP contribution is -2.58. The molecular weight excluding hydrogens is 659 g/mol. The van der Waals surface area contributed by atoms with Crippen LogP contribution in [0, 0.1) is 11.7 Å². The molecule has 2 heterocycles. The van der Waals surface area contributed by atoms with Gasteiger partial charge in [0.25, 0.3) is 11.8 Å². The van der Waals surface area contributed by atoms with E-state index < -0.39 is 47.6 Å². The Morgan fingerprint density at radius 2 is 1.75 bits per heavy atom. The van der Waals surface area contributed by atoms with E-state index in [1.54, 1.807) is 50.2 Å². The molecule has 0 spiro atoms. The van der Waals surface area contributed by atoms with E-state index in [1.165, 1.54) is 19.4 Å². The number of carbonyl (C=O) groups is 5. The molecule has 5 amide bonds. The Balaban J connectivity index is 1.61. The number of pyridine rings is 1. The van der Waals surface area contributed by atoms with Gasteiger partial charge in [-0.3, -0.25) is 29.0 Å². The maximum atomic E-state index is 14.4. The molecule has 13 nitrogen and oxygen atoms in total. The maximum Gasteiger partial charge on any atom is 0.257 e. The quantitative estimate of drug-likeness (QED) is 0.260. The molecule has 0 fully saturated rings. The summed E-state index contributed by atoms with van der Waals surface area (Å²) in [4.78, 5) is 70.5. The summed E-state index contributed by atoms with van der Waals surface area (Å²) < 4.78 is 25.6. The second-order valence-corrected chi connectivity index (χ2v) is 12.5. The number of fused-ring (bicyclic) bond motifs is 2. The fourth-order valence-electron chi connectivity index (χ4n) is 5.52. The molecule has 0 aliphatic carbocycles. The van der Waals surface area contributed by atoms with Crippen molar-refractivity contribution >= 4 is 29.5 Å². The van der Waals surface area contributed by atoms with E-state index in [1.807, 2.05) is 12.1 Å². The number of hydrogen-bond donors (Lipinski definition) is 5. The van der Waals surface area contributed by atoms with Gasteiger partial charge in [0.15, 0.2) is 23.9 Å². The molecule has 1 aromatic heterocycles. The summed E-state index contributed by atoms with van der Waals surface area (Å²) in [6.07, 6.45) is 3.66. The first-order chi connectivity index (χ1) is 24.5. The van der Waals surface area contributed by atoms with E-state index in [4.69, 9.17) is 9.47 Å². The van der Waals surface area contributed by atoms with Crippen LogP contribution in [0.15, 0.2) is 67.0 Å². The van der Waals surface area contributed by atoms with Crippen LogP contribution in [0.2, 0.25) is 0 Å². The number of benzene rings is 2. The smallest absolute Gasteiger partial charge is 0.257 e. The Labute approximate surface area is 296 Å². The van der Waals surface area contributed by atoms with Gasteiger partial charge in [-0.05, 0) is 60.9 Å². The second kappa shape index (κ2) is 19.0. The molecule has 14 heteroatoms. The number of aromatic nitrogens is 1. The molecule has 5 N–H and O–H groups in total. The Bertz CT molecular complexity index is 1670. The predicted octanol–water partition coefficient (Wildman–Crippen LogP) is 2.23. The van der Waals surface area contributed by atoms with Crippen LogP contribution in [0.3, 0.4) is 0 Å². The molecule has 0 saturated carbocycles. The minimum atomic E-state index is -1.22. The van der Waals surface area contributed by atoms with Gasteiger partial charge in [-0.2, -0.15) is 0 Å². The lowest BCUT2D eigenvalue weighted by Gasteiger charge is -2.27. The number of carbonyl (C=O) groups excluding carboxylic acids is 5. The average Bonchev–Trinajstić information content (AvgIpc) is 3.12. The monoisotopic (exact) mass is 704 g/mol. The third-order valence-corrected chi connectivity index (χ3v) is 8.32. The van der Waals surface area contributed by atoms with Gasteiger partial charge in [0.1, 0.15) is 18.1 Å². The van der Waals surface area contributed by atoms with Crippen molar-refractivity contribution in [2.24, 2.45) is 5.92 Å². The normalized spacial score (nSPS) is 19.9. The molecule has 1 aliphatic heterocycles. The lowest BCUT2D eigenvalue weighted by molar-refractivity contribution is -0.133. The van der Waals surface area contributed by atoms with Crippen molar-refractivity contribution in [3.8, 4) is 11.5 Å². The highest BCUT2D eigenvalue weighted by Gasteiger charge is 2.31. The number of amides is 5. The highest BCUT2D eigenvalue weighted by molar-refractivity contribution is 5.99. The number of nitrogens with zero attached hydrogens (tertiary/aromatic N) is 1. The molecule has 0 radical (unpaired) electrons. The molecule has 0 unspecified atom stereocenters. The van der Waals surface area contributed by atoms with E-state index in [9.17, 15) is 28.4 Å². The highest BCUT2D eigenvalue weighted by Crippen LogP contribution is 2.28. The highest BCUT2D eigenvalue weighted by atomic mass is 19.1. The zero-order valence-electron chi connectivity index (χ0n) is 29.0. The van der Waals surface area contributed by atoms with Crippen molar-refractivity contribution in [1.82, 2.24) is 31.6 Å². The average molecular weight is 705 g/mol. The fourth-order valence-corrected chi connectivity index (χ4v) is 5.52. The molecular formula is C37H45FN6O7. The summed E-state index contributed by atoms with van der Waals surface area (Å²) in [5, 5.41) is 13.8. The molecule has 2 aromatic carbocycles. The van der Waals surface area contributed by atoms with Crippen LogP contribution in [0.5, 0.6) is 11.5 Å². The number of halogens is 1. The Kier molecular flexibility index (Phi) is 14.3. The van der Waals surface area contributed by atoms with Gasteiger partial charge < -0.3 is 36.1 Å². The van der Waals surface area contributed by atoms with Crippen molar-refractivity contribution in [2.45, 2.75) is 64.1 Å². The lowest BCUT2D eigenvalue weighted by atomic mass is 10.00. The topological polar surface area (TPSA) is 177 Å². The molecule has 272 valence electrons. The summed E-state index contributed by atoms with van der Waals surface area (Å²) >= 11 is 0. The first-order valence-electron chi connectivity index (χ1n) is 16.9. The van der Waals surface area contributed by atoms with E-state index in [0.717, 1.165) is 17.3 Å². The minimum absolute atomic E-state index is 0.0258. The number of methoxy groups -OCH3 is 1. The van der Waals surface area contributed by atoms with Gasteiger partial charge in [0.2, 0.25) is 17.7 Å². The van der Waals surface area contributed by atoms with Gasteiger partial charge in [0.05, 0.1) is 18.9 Å². The van der Waals surface area contributed by atoms with Crippen molar-refractivity contribution < 1.29 is 37.8 Å². The van der Waals surface area contributed by atoms with Gasteiger partial charge in [-0.15, -0.1) is 0 Å². The van der Waals surface area contributed by atoms with Crippen LogP contribution in [0.4, 0.5) is 4.39 Å². The van der Waals surface area contributed by atoms with Crippen LogP contribution >= 0.6 is 0 Å². The van der Waals surface area contributed by atoms with Crippen LogP contribution in [-0.2, 0) is 32.0 Å². The van der Waals surface area contributed by atoms with E-state index >= 15 is 0 Å². The third-order valence-electron chi connectivity index (χ3n) is 8.32. The summed E-state index contributed by atoms with van der Waals surface area (Å²) in [5.41, 5.74) is 1.34. The van der Waals surface area contributed by atoms with Crippen molar-refractivity contribution in [3.63, 3.8) is 0 Å². The van der Waals surface area contributed by atoms with Gasteiger partial charge in [0, 0.05) is 25.7 Å². The van der Waals surface area contributed by atoms with Crippen molar-refractivity contribution in [2.75, 3.05) is 26.8 Å². The van der Waals surface area contributed by atoms with E-state index in [0.29, 0.717) is 30.9 Å². The van der Waals surface area contributed by atoms with Crippen molar-refractivity contribution in [1.29, 1.82) is 0 Å². The predicted molar refractivity (Wildman–Crippen MR) is 186 cm³/mol. The molecule has 1 aliphatic rings. The Morgan fingerprint density at radius 3 is 2.47 bits per heavy atom. The zero-order chi connectivity index (χ0) is 36.8. The number of rotatable bonds is 6. The number of ether oxygens (including phenoxy) is 2. The molecule has 4 rings (SSSR count). The van der Waals surface area contributed by atoms with Crippen LogP contribution < -0.4 is 36.1 Å². The van der Waals surface area contributed by atoms with Crippen molar-refractivity contribution in [3.05, 3.63) is 89.5 Å². The summed E-state index contributed by atoms with van der Waals surface area (Å²) in [6.45, 7) is 3.76. The van der Waals surface area contributed by atoms with Gasteiger partial charge in [-0.1, -0.05) is 50.2 Å². The third kappa shape index (κ3) is 11.5. The molecule has 2 bridgehead atoms. The zero-order valence-corrected chi connectivity index (χ0v) is 29.0. The summed E-state index contributed by atoms with van der Waals surface area (Å²) in [7, 11) is 1.49. The fraction of sp³-hybridized carbons (Fsp3) is 0.405. The van der Waals surface area contributed by atoms with Crippen LogP contribution in [0.1, 0.15) is 54.6 Å². The number of aryl methyl sites for hydroxylation is 1. The van der Waals surface area contributed by atoms with Gasteiger partial charge >= 0.3 is 0 Å². The molecule has 3 aromatic rings. The van der Waals surface area contributed by atoms with Gasteiger partial charge in [-0.25, -0.2) is 4.39 Å². The molecule has 0 saturated heterocycles. The maximum absolute atomic E-state index is 14.4. The summed E-state index contributed by atoms with van der Waals surface area (Å²) in [6, 6.07) is 12.4. The SMILES string of the molecule is COc1ccc2cc1OCC(=O)NCCC[C@H](NC(=O)c1ccncc1F)C(=O)N[C@@H](Cc1ccccc1)C(=O)N[C@H](C(C)C)C(=O)NCCC2. The molecule has 3 atom stereocenters. The minimum Gasteiger partial charge on any atom is -0.493 e. The number of nitrogens with one attached hydrogen (secondary N) is 5. The largest absolute Gasteiger partial charge is 0.493 e. The van der Waals surface area contributed by atoms with Crippen LogP contribution in [-0.4, -0.2) is 79.5 Å². The number of hydrogen-bond acceptors (Lipinski definition) is 8. The molecule has 51 heavy (non-hydrogen) atoms.